The number of aromatic nitrogens is 1. The molecule has 120 valence electrons. The Kier molecular flexibility index (Phi) is 4.62. The van der Waals surface area contributed by atoms with E-state index in [0.717, 1.165) is 50.4 Å². The van der Waals surface area contributed by atoms with Crippen LogP contribution in [0.3, 0.4) is 0 Å². The third-order valence-corrected chi connectivity index (χ3v) is 4.99. The lowest BCUT2D eigenvalue weighted by Crippen LogP contribution is -2.43. The zero-order valence-corrected chi connectivity index (χ0v) is 13.4. The van der Waals surface area contributed by atoms with Crippen LogP contribution in [0.25, 0.3) is 0 Å². The Morgan fingerprint density at radius 2 is 1.95 bits per heavy atom. The van der Waals surface area contributed by atoms with Gasteiger partial charge in [0.05, 0.1) is 5.56 Å². The lowest BCUT2D eigenvalue weighted by Gasteiger charge is -2.34. The maximum atomic E-state index is 12.9. The molecule has 2 saturated heterocycles. The molecule has 3 rings (SSSR count). The lowest BCUT2D eigenvalue weighted by molar-refractivity contribution is 0.0681. The Morgan fingerprint density at radius 3 is 2.59 bits per heavy atom. The van der Waals surface area contributed by atoms with E-state index in [0.29, 0.717) is 5.92 Å². The van der Waals surface area contributed by atoms with Gasteiger partial charge in [0.15, 0.2) is 0 Å². The SMILES string of the molecule is CC(N)C1CCN(C(=O)c2cccnc2N2CCCC2)CC1. The van der Waals surface area contributed by atoms with E-state index < -0.39 is 0 Å². The van der Waals surface area contributed by atoms with Crippen molar-refractivity contribution in [3.05, 3.63) is 23.9 Å². The van der Waals surface area contributed by atoms with Crippen molar-refractivity contribution in [1.29, 1.82) is 0 Å². The van der Waals surface area contributed by atoms with Crippen molar-refractivity contribution in [1.82, 2.24) is 9.88 Å². The van der Waals surface area contributed by atoms with Crippen molar-refractivity contribution in [2.75, 3.05) is 31.1 Å². The molecule has 5 heteroatoms. The van der Waals surface area contributed by atoms with Gasteiger partial charge >= 0.3 is 0 Å². The van der Waals surface area contributed by atoms with Crippen LogP contribution in [0.4, 0.5) is 5.82 Å². The number of pyridine rings is 1. The molecule has 1 atom stereocenters. The summed E-state index contributed by atoms with van der Waals surface area (Å²) in [5.41, 5.74) is 6.74. The monoisotopic (exact) mass is 302 g/mol. The molecule has 1 amide bonds. The molecule has 1 aromatic rings. The van der Waals surface area contributed by atoms with Crippen LogP contribution >= 0.6 is 0 Å². The Balaban J connectivity index is 1.73. The van der Waals surface area contributed by atoms with Gasteiger partial charge in [0.1, 0.15) is 5.82 Å². The highest BCUT2D eigenvalue weighted by atomic mass is 16.2. The van der Waals surface area contributed by atoms with Gasteiger partial charge in [-0.1, -0.05) is 0 Å². The minimum absolute atomic E-state index is 0.123. The third-order valence-electron chi connectivity index (χ3n) is 4.99. The molecule has 2 N–H and O–H groups in total. The fourth-order valence-corrected chi connectivity index (χ4v) is 3.54. The Labute approximate surface area is 132 Å². The second kappa shape index (κ2) is 6.65. The van der Waals surface area contributed by atoms with Crippen LogP contribution in [-0.2, 0) is 0 Å². The molecule has 2 fully saturated rings. The predicted molar refractivity (Wildman–Crippen MR) is 88.0 cm³/mol. The van der Waals surface area contributed by atoms with Crippen LogP contribution in [0.1, 0.15) is 43.0 Å². The topological polar surface area (TPSA) is 62.5 Å². The average molecular weight is 302 g/mol. The molecule has 3 heterocycles. The molecule has 2 aliphatic heterocycles. The fraction of sp³-hybridized carbons (Fsp3) is 0.647. The zero-order chi connectivity index (χ0) is 15.5. The van der Waals surface area contributed by atoms with E-state index >= 15 is 0 Å². The van der Waals surface area contributed by atoms with E-state index in [9.17, 15) is 4.79 Å². The summed E-state index contributed by atoms with van der Waals surface area (Å²) in [6.07, 6.45) is 6.16. The summed E-state index contributed by atoms with van der Waals surface area (Å²) in [6, 6.07) is 4.00. The molecule has 0 aromatic carbocycles. The fourth-order valence-electron chi connectivity index (χ4n) is 3.54. The first-order valence-corrected chi connectivity index (χ1v) is 8.41. The number of rotatable bonds is 3. The van der Waals surface area contributed by atoms with E-state index in [-0.39, 0.29) is 11.9 Å². The first kappa shape index (κ1) is 15.3. The third kappa shape index (κ3) is 3.09. The Bertz CT molecular complexity index is 517. The molecule has 0 radical (unpaired) electrons. The van der Waals surface area contributed by atoms with Crippen LogP contribution in [0.2, 0.25) is 0 Å². The number of nitrogens with two attached hydrogens (primary N) is 1. The summed E-state index contributed by atoms with van der Waals surface area (Å²) in [5, 5.41) is 0. The van der Waals surface area contributed by atoms with Gasteiger partial charge in [-0.15, -0.1) is 0 Å². The zero-order valence-electron chi connectivity index (χ0n) is 13.4. The number of anilines is 1. The number of nitrogens with zero attached hydrogens (tertiary/aromatic N) is 3. The van der Waals surface area contributed by atoms with Crippen molar-refractivity contribution in [2.45, 2.75) is 38.6 Å². The summed E-state index contributed by atoms with van der Waals surface area (Å²) in [6.45, 7) is 5.68. The average Bonchev–Trinajstić information content (AvgIpc) is 3.08. The summed E-state index contributed by atoms with van der Waals surface area (Å²) in [7, 11) is 0. The molecule has 2 aliphatic rings. The highest BCUT2D eigenvalue weighted by molar-refractivity contribution is 5.99. The molecule has 22 heavy (non-hydrogen) atoms. The summed E-state index contributed by atoms with van der Waals surface area (Å²) in [5.74, 6) is 1.52. The van der Waals surface area contributed by atoms with E-state index in [1.54, 1.807) is 6.20 Å². The molecule has 0 aliphatic carbocycles. The van der Waals surface area contributed by atoms with E-state index in [4.69, 9.17) is 5.73 Å². The van der Waals surface area contributed by atoms with Gasteiger partial charge in [-0.3, -0.25) is 4.79 Å². The molecular weight excluding hydrogens is 276 g/mol. The summed E-state index contributed by atoms with van der Waals surface area (Å²) < 4.78 is 0. The van der Waals surface area contributed by atoms with Gasteiger partial charge in [-0.25, -0.2) is 4.98 Å². The largest absolute Gasteiger partial charge is 0.356 e. The Morgan fingerprint density at radius 1 is 1.27 bits per heavy atom. The lowest BCUT2D eigenvalue weighted by atomic mass is 9.90. The number of carbonyl (C=O) groups excluding carboxylic acids is 1. The number of likely N-dealkylation sites (tertiary alicyclic amines) is 1. The van der Waals surface area contributed by atoms with E-state index in [2.05, 4.69) is 16.8 Å². The van der Waals surface area contributed by atoms with Gasteiger partial charge in [0.25, 0.3) is 5.91 Å². The molecule has 0 bridgehead atoms. The highest BCUT2D eigenvalue weighted by Crippen LogP contribution is 2.26. The van der Waals surface area contributed by atoms with Crippen LogP contribution < -0.4 is 10.6 Å². The Hall–Kier alpha value is -1.62. The van der Waals surface area contributed by atoms with Gasteiger partial charge in [-0.05, 0) is 50.7 Å². The molecule has 1 aromatic heterocycles. The first-order valence-electron chi connectivity index (χ1n) is 8.41. The number of amides is 1. The molecular formula is C17H26N4O. The molecule has 5 nitrogen and oxygen atoms in total. The van der Waals surface area contributed by atoms with Crippen LogP contribution in [-0.4, -0.2) is 48.0 Å². The second-order valence-corrected chi connectivity index (χ2v) is 6.56. The van der Waals surface area contributed by atoms with Crippen molar-refractivity contribution in [3.63, 3.8) is 0 Å². The quantitative estimate of drug-likeness (QED) is 0.926. The van der Waals surface area contributed by atoms with Gasteiger partial charge in [0.2, 0.25) is 0 Å². The second-order valence-electron chi connectivity index (χ2n) is 6.56. The number of hydrogen-bond acceptors (Lipinski definition) is 4. The number of hydrogen-bond donors (Lipinski definition) is 1. The van der Waals surface area contributed by atoms with E-state index in [1.807, 2.05) is 17.0 Å². The summed E-state index contributed by atoms with van der Waals surface area (Å²) >= 11 is 0. The first-order chi connectivity index (χ1) is 10.7. The van der Waals surface area contributed by atoms with Crippen molar-refractivity contribution < 1.29 is 4.79 Å². The normalized spacial score (nSPS) is 21.2. The van der Waals surface area contributed by atoms with Crippen LogP contribution in [0.15, 0.2) is 18.3 Å². The molecule has 0 saturated carbocycles. The number of carbonyl (C=O) groups is 1. The highest BCUT2D eigenvalue weighted by Gasteiger charge is 2.28. The maximum absolute atomic E-state index is 12.9. The van der Waals surface area contributed by atoms with Crippen molar-refractivity contribution in [3.8, 4) is 0 Å². The smallest absolute Gasteiger partial charge is 0.257 e. The minimum atomic E-state index is 0.123. The molecule has 1 unspecified atom stereocenters. The predicted octanol–water partition coefficient (Wildman–Crippen LogP) is 1.88. The standard InChI is InChI=1S/C17H26N4O/c1-13(18)14-6-11-21(12-7-14)17(22)15-5-4-8-19-16(15)20-9-2-3-10-20/h4-5,8,13-14H,2-3,6-7,9-12,18H2,1H3. The van der Waals surface area contributed by atoms with Gasteiger partial charge < -0.3 is 15.5 Å². The van der Waals surface area contributed by atoms with Gasteiger partial charge in [0, 0.05) is 38.4 Å². The van der Waals surface area contributed by atoms with Crippen molar-refractivity contribution >= 4 is 11.7 Å². The maximum Gasteiger partial charge on any atom is 0.257 e. The van der Waals surface area contributed by atoms with E-state index in [1.165, 1.54) is 12.8 Å². The minimum Gasteiger partial charge on any atom is -0.356 e. The van der Waals surface area contributed by atoms with Crippen LogP contribution in [0, 0.1) is 5.92 Å². The molecule has 0 spiro atoms. The van der Waals surface area contributed by atoms with Crippen LogP contribution in [0.5, 0.6) is 0 Å². The number of piperidine rings is 1. The van der Waals surface area contributed by atoms with Gasteiger partial charge in [-0.2, -0.15) is 0 Å². The summed E-state index contributed by atoms with van der Waals surface area (Å²) in [4.78, 5) is 21.6. The van der Waals surface area contributed by atoms with Crippen molar-refractivity contribution in [2.24, 2.45) is 11.7 Å².